The number of aromatic nitrogens is 1. The number of H-pyrrole nitrogens is 1. The smallest absolute Gasteiger partial charge is 0.260 e. The number of nitrogens with one attached hydrogen (secondary N) is 2. The lowest BCUT2D eigenvalue weighted by atomic mass is 10.0. The van der Waals surface area contributed by atoms with Gasteiger partial charge in [-0.25, -0.2) is 4.39 Å². The fourth-order valence-electron chi connectivity index (χ4n) is 3.05. The Morgan fingerprint density at radius 2 is 2.12 bits per heavy atom. The van der Waals surface area contributed by atoms with Gasteiger partial charge in [-0.3, -0.25) is 14.5 Å². The normalized spacial score (nSPS) is 18.3. The molecule has 1 aliphatic rings. The summed E-state index contributed by atoms with van der Waals surface area (Å²) in [5.41, 5.74) is 0.377. The lowest BCUT2D eigenvalue weighted by Crippen LogP contribution is -2.48. The van der Waals surface area contributed by atoms with Gasteiger partial charge in [0, 0.05) is 30.9 Å². The number of amides is 1. The van der Waals surface area contributed by atoms with E-state index in [-0.39, 0.29) is 23.3 Å². The predicted octanol–water partition coefficient (Wildman–Crippen LogP) is 1.91. The van der Waals surface area contributed by atoms with Crippen molar-refractivity contribution in [2.24, 2.45) is 0 Å². The molecule has 6 heteroatoms. The third kappa shape index (κ3) is 3.89. The summed E-state index contributed by atoms with van der Waals surface area (Å²) >= 11 is 0. The predicted molar refractivity (Wildman–Crippen MR) is 89.2 cm³/mol. The molecular weight excluding hydrogens is 309 g/mol. The molecule has 0 bridgehead atoms. The van der Waals surface area contributed by atoms with Gasteiger partial charge in [0.25, 0.3) is 11.5 Å². The van der Waals surface area contributed by atoms with Crippen molar-refractivity contribution < 1.29 is 9.18 Å². The number of benzene rings is 1. The van der Waals surface area contributed by atoms with Crippen molar-refractivity contribution in [3.63, 3.8) is 0 Å². The number of nitrogens with zero attached hydrogens (tertiary/aromatic N) is 1. The Hall–Kier alpha value is -2.47. The fourth-order valence-corrected chi connectivity index (χ4v) is 3.05. The highest BCUT2D eigenvalue weighted by atomic mass is 19.1. The highest BCUT2D eigenvalue weighted by Crippen LogP contribution is 2.16. The van der Waals surface area contributed by atoms with Crippen LogP contribution in [0.1, 0.15) is 28.8 Å². The van der Waals surface area contributed by atoms with E-state index in [4.69, 9.17) is 0 Å². The number of halogens is 1. The summed E-state index contributed by atoms with van der Waals surface area (Å²) in [5, 5.41) is 2.91. The van der Waals surface area contributed by atoms with Gasteiger partial charge in [-0.2, -0.15) is 0 Å². The Labute approximate surface area is 139 Å². The van der Waals surface area contributed by atoms with Gasteiger partial charge in [-0.05, 0) is 37.6 Å². The molecule has 0 aliphatic carbocycles. The molecule has 24 heavy (non-hydrogen) atoms. The Balaban J connectivity index is 1.62. The molecule has 1 amide bonds. The van der Waals surface area contributed by atoms with E-state index in [9.17, 15) is 14.0 Å². The molecule has 2 heterocycles. The molecule has 1 atom stereocenters. The molecule has 1 aliphatic heterocycles. The third-order valence-corrected chi connectivity index (χ3v) is 4.26. The van der Waals surface area contributed by atoms with Crippen LogP contribution in [0.4, 0.5) is 4.39 Å². The maximum Gasteiger partial charge on any atom is 0.260 e. The summed E-state index contributed by atoms with van der Waals surface area (Å²) in [5.74, 6) is -0.575. The molecule has 3 rings (SSSR count). The van der Waals surface area contributed by atoms with E-state index in [1.54, 1.807) is 18.2 Å². The van der Waals surface area contributed by atoms with Crippen LogP contribution in [-0.4, -0.2) is 34.9 Å². The van der Waals surface area contributed by atoms with Crippen molar-refractivity contribution in [2.45, 2.75) is 25.4 Å². The molecule has 126 valence electrons. The minimum atomic E-state index is -0.394. The number of likely N-dealkylation sites (tertiary alicyclic amines) is 1. The van der Waals surface area contributed by atoms with E-state index < -0.39 is 5.56 Å². The second-order valence-electron chi connectivity index (χ2n) is 6.05. The molecular formula is C18H20FN3O2. The number of hydrogen-bond acceptors (Lipinski definition) is 3. The number of carbonyl (C=O) groups is 1. The first-order chi connectivity index (χ1) is 11.6. The first kappa shape index (κ1) is 16.4. The Kier molecular flexibility index (Phi) is 5.05. The van der Waals surface area contributed by atoms with Crippen molar-refractivity contribution in [2.75, 3.05) is 13.1 Å². The number of aromatic amines is 1. The molecule has 1 aromatic heterocycles. The minimum absolute atomic E-state index is 0.0439. The summed E-state index contributed by atoms with van der Waals surface area (Å²) in [7, 11) is 0. The average molecular weight is 329 g/mol. The maximum absolute atomic E-state index is 13.8. The van der Waals surface area contributed by atoms with Crippen LogP contribution in [0, 0.1) is 5.82 Å². The van der Waals surface area contributed by atoms with Crippen molar-refractivity contribution in [1.82, 2.24) is 15.2 Å². The average Bonchev–Trinajstić information content (AvgIpc) is 2.58. The molecule has 1 saturated heterocycles. The van der Waals surface area contributed by atoms with E-state index >= 15 is 0 Å². The van der Waals surface area contributed by atoms with E-state index in [0.717, 1.165) is 19.4 Å². The zero-order chi connectivity index (χ0) is 16.9. The van der Waals surface area contributed by atoms with Crippen molar-refractivity contribution in [3.8, 4) is 0 Å². The Morgan fingerprint density at radius 3 is 2.92 bits per heavy atom. The number of carbonyl (C=O) groups excluding carboxylic acids is 1. The number of rotatable bonds is 4. The van der Waals surface area contributed by atoms with Gasteiger partial charge in [0.05, 0.1) is 0 Å². The number of pyridine rings is 1. The number of piperidine rings is 1. The molecule has 0 saturated carbocycles. The van der Waals surface area contributed by atoms with Crippen LogP contribution < -0.4 is 10.9 Å². The lowest BCUT2D eigenvalue weighted by molar-refractivity contribution is 0.0898. The Morgan fingerprint density at radius 1 is 1.29 bits per heavy atom. The quantitative estimate of drug-likeness (QED) is 0.900. The van der Waals surface area contributed by atoms with Gasteiger partial charge >= 0.3 is 0 Å². The van der Waals surface area contributed by atoms with Gasteiger partial charge in [0.1, 0.15) is 11.4 Å². The van der Waals surface area contributed by atoms with Gasteiger partial charge in [-0.1, -0.05) is 18.2 Å². The van der Waals surface area contributed by atoms with Crippen molar-refractivity contribution >= 4 is 5.91 Å². The van der Waals surface area contributed by atoms with Crippen LogP contribution in [0.2, 0.25) is 0 Å². The molecule has 2 N–H and O–H groups in total. The zero-order valence-corrected chi connectivity index (χ0v) is 13.3. The highest BCUT2D eigenvalue weighted by Gasteiger charge is 2.23. The second-order valence-corrected chi connectivity index (χ2v) is 6.05. The van der Waals surface area contributed by atoms with Gasteiger partial charge < -0.3 is 10.3 Å². The standard InChI is InChI=1S/C18H20FN3O2/c19-16-8-2-1-5-13(16)11-22-10-4-6-14(12-22)21-18(24)15-7-3-9-20-17(15)23/h1-3,5,7-9,14H,4,6,10-12H2,(H,20,23)(H,21,24). The molecule has 1 fully saturated rings. The lowest BCUT2D eigenvalue weighted by Gasteiger charge is -2.33. The summed E-state index contributed by atoms with van der Waals surface area (Å²) in [6.07, 6.45) is 3.27. The molecule has 2 aromatic rings. The van der Waals surface area contributed by atoms with Gasteiger partial charge in [-0.15, -0.1) is 0 Å². The number of hydrogen-bond donors (Lipinski definition) is 2. The molecule has 0 radical (unpaired) electrons. The van der Waals surface area contributed by atoms with Crippen LogP contribution in [0.25, 0.3) is 0 Å². The first-order valence-electron chi connectivity index (χ1n) is 8.08. The van der Waals surface area contributed by atoms with E-state index in [1.165, 1.54) is 18.3 Å². The molecule has 5 nitrogen and oxygen atoms in total. The molecule has 1 unspecified atom stereocenters. The minimum Gasteiger partial charge on any atom is -0.348 e. The Bertz CT molecular complexity index is 775. The third-order valence-electron chi connectivity index (χ3n) is 4.26. The summed E-state index contributed by atoms with van der Waals surface area (Å²) in [6.45, 7) is 2.03. The fraction of sp³-hybridized carbons (Fsp3) is 0.333. The van der Waals surface area contributed by atoms with Gasteiger partial charge in [0.2, 0.25) is 0 Å². The van der Waals surface area contributed by atoms with Crippen molar-refractivity contribution in [3.05, 3.63) is 69.9 Å². The van der Waals surface area contributed by atoms with Crippen LogP contribution in [0.5, 0.6) is 0 Å². The van der Waals surface area contributed by atoms with Crippen molar-refractivity contribution in [1.29, 1.82) is 0 Å². The first-order valence-corrected chi connectivity index (χ1v) is 8.08. The topological polar surface area (TPSA) is 65.2 Å². The van der Waals surface area contributed by atoms with Crippen LogP contribution in [0.3, 0.4) is 0 Å². The van der Waals surface area contributed by atoms with E-state index in [1.807, 2.05) is 6.07 Å². The molecule has 0 spiro atoms. The van der Waals surface area contributed by atoms with Crippen LogP contribution >= 0.6 is 0 Å². The van der Waals surface area contributed by atoms with E-state index in [0.29, 0.717) is 18.7 Å². The van der Waals surface area contributed by atoms with Gasteiger partial charge in [0.15, 0.2) is 0 Å². The highest BCUT2D eigenvalue weighted by molar-refractivity contribution is 5.93. The van der Waals surface area contributed by atoms with E-state index in [2.05, 4.69) is 15.2 Å². The maximum atomic E-state index is 13.8. The largest absolute Gasteiger partial charge is 0.348 e. The summed E-state index contributed by atoms with van der Waals surface area (Å²) < 4.78 is 13.8. The monoisotopic (exact) mass is 329 g/mol. The summed E-state index contributed by atoms with van der Waals surface area (Å²) in [6, 6.07) is 9.83. The summed E-state index contributed by atoms with van der Waals surface area (Å²) in [4.78, 5) is 28.5. The van der Waals surface area contributed by atoms with Crippen LogP contribution in [0.15, 0.2) is 47.4 Å². The SMILES string of the molecule is O=C(NC1CCCN(Cc2ccccc2F)C1)c1ccc[nH]c1=O. The second kappa shape index (κ2) is 7.40. The zero-order valence-electron chi connectivity index (χ0n) is 13.3. The molecule has 1 aromatic carbocycles. The van der Waals surface area contributed by atoms with Crippen LogP contribution in [-0.2, 0) is 6.54 Å².